The molecule has 1 aliphatic heterocycles. The highest BCUT2D eigenvalue weighted by Crippen LogP contribution is 2.28. The first kappa shape index (κ1) is 24.2. The summed E-state index contributed by atoms with van der Waals surface area (Å²) in [4.78, 5) is 13.2. The van der Waals surface area contributed by atoms with Gasteiger partial charge in [-0.05, 0) is 79.3 Å². The molecular formula is C26H33ClN2O3S. The second kappa shape index (κ2) is 10.6. The fraction of sp³-hybridized carbons (Fsp3) is 0.500. The first-order valence-electron chi connectivity index (χ1n) is 12.0. The first-order valence-corrected chi connectivity index (χ1v) is 14.0. The van der Waals surface area contributed by atoms with Crippen molar-refractivity contribution in [3.05, 3.63) is 69.7 Å². The molecule has 0 saturated carbocycles. The van der Waals surface area contributed by atoms with E-state index in [-0.39, 0.29) is 30.2 Å². The van der Waals surface area contributed by atoms with E-state index < -0.39 is 10.0 Å². The summed E-state index contributed by atoms with van der Waals surface area (Å²) in [5.41, 5.74) is 4.64. The van der Waals surface area contributed by atoms with Crippen LogP contribution in [0, 0.1) is 5.92 Å². The zero-order chi connectivity index (χ0) is 23.4. The van der Waals surface area contributed by atoms with E-state index in [1.54, 1.807) is 24.3 Å². The molecule has 0 aromatic heterocycles. The molecule has 0 spiro atoms. The number of halogens is 1. The molecule has 1 aliphatic carbocycles. The third-order valence-corrected chi connectivity index (χ3v) is 8.94. The number of amides is 1. The van der Waals surface area contributed by atoms with Crippen molar-refractivity contribution in [1.82, 2.24) is 9.62 Å². The summed E-state index contributed by atoms with van der Waals surface area (Å²) in [6.45, 7) is 2.76. The number of hydrogen-bond acceptors (Lipinski definition) is 3. The number of nitrogens with zero attached hydrogens (tertiary/aromatic N) is 1. The highest BCUT2D eigenvalue weighted by atomic mass is 35.5. The van der Waals surface area contributed by atoms with Crippen LogP contribution in [0.3, 0.4) is 0 Å². The van der Waals surface area contributed by atoms with Crippen LogP contribution in [0.1, 0.15) is 67.3 Å². The van der Waals surface area contributed by atoms with E-state index in [1.807, 2.05) is 0 Å². The normalized spacial score (nSPS) is 20.1. The molecule has 1 saturated heterocycles. The van der Waals surface area contributed by atoms with Gasteiger partial charge >= 0.3 is 0 Å². The van der Waals surface area contributed by atoms with Crippen LogP contribution in [-0.2, 0) is 33.4 Å². The molecule has 0 radical (unpaired) electrons. The second-order valence-electron chi connectivity index (χ2n) is 9.29. The number of benzene rings is 2. The summed E-state index contributed by atoms with van der Waals surface area (Å²) in [5.74, 6) is -0.490. The number of sulfonamides is 1. The van der Waals surface area contributed by atoms with Gasteiger partial charge in [0.15, 0.2) is 0 Å². The zero-order valence-electron chi connectivity index (χ0n) is 19.2. The Morgan fingerprint density at radius 1 is 1.12 bits per heavy atom. The number of piperidine rings is 1. The van der Waals surface area contributed by atoms with Crippen LogP contribution in [0.15, 0.2) is 42.5 Å². The Labute approximate surface area is 202 Å². The van der Waals surface area contributed by atoms with Crippen LogP contribution in [0.2, 0.25) is 5.02 Å². The molecule has 0 unspecified atom stereocenters. The number of fused-ring (bicyclic) bond motifs is 1. The molecule has 2 aliphatic rings. The lowest BCUT2D eigenvalue weighted by Gasteiger charge is -2.32. The zero-order valence-corrected chi connectivity index (χ0v) is 20.8. The van der Waals surface area contributed by atoms with E-state index in [4.69, 9.17) is 11.6 Å². The molecule has 2 atom stereocenters. The Balaban J connectivity index is 1.41. The Morgan fingerprint density at radius 3 is 2.67 bits per heavy atom. The SMILES string of the molecule is CC[C@H](NC(=O)[C@@H]1CCCN(S(=O)(=O)Cc2cccc(Cl)c2)C1)c1ccc2c(c1)CCCC2. The lowest BCUT2D eigenvalue weighted by Crippen LogP contribution is -2.46. The number of hydrogen-bond donors (Lipinski definition) is 1. The van der Waals surface area contributed by atoms with Gasteiger partial charge in [-0.3, -0.25) is 4.79 Å². The van der Waals surface area contributed by atoms with Crippen molar-refractivity contribution in [3.63, 3.8) is 0 Å². The molecule has 0 bridgehead atoms. The molecule has 33 heavy (non-hydrogen) atoms. The van der Waals surface area contributed by atoms with Crippen LogP contribution in [0.4, 0.5) is 0 Å². The number of nitrogens with one attached hydrogen (secondary N) is 1. The first-order chi connectivity index (χ1) is 15.9. The Hall–Kier alpha value is -1.89. The minimum atomic E-state index is -3.52. The van der Waals surface area contributed by atoms with E-state index in [0.29, 0.717) is 30.0 Å². The van der Waals surface area contributed by atoms with Crippen LogP contribution in [-0.4, -0.2) is 31.7 Å². The van der Waals surface area contributed by atoms with Gasteiger partial charge < -0.3 is 5.32 Å². The topological polar surface area (TPSA) is 66.5 Å². The second-order valence-corrected chi connectivity index (χ2v) is 11.7. The van der Waals surface area contributed by atoms with Crippen molar-refractivity contribution < 1.29 is 13.2 Å². The van der Waals surface area contributed by atoms with E-state index >= 15 is 0 Å². The van der Waals surface area contributed by atoms with Gasteiger partial charge in [0, 0.05) is 18.1 Å². The summed E-state index contributed by atoms with van der Waals surface area (Å²) in [6, 6.07) is 13.5. The quantitative estimate of drug-likeness (QED) is 0.594. The number of aryl methyl sites for hydroxylation is 2. The lowest BCUT2D eigenvalue weighted by atomic mass is 9.88. The lowest BCUT2D eigenvalue weighted by molar-refractivity contribution is -0.126. The standard InChI is InChI=1S/C26H33ClN2O3S/c1-2-25(22-13-12-20-8-3-4-9-21(20)16-22)28-26(30)23-10-6-14-29(17-23)33(31,32)18-19-7-5-11-24(27)15-19/h5,7,11-13,15-16,23,25H,2-4,6,8-10,14,17-18H2,1H3,(H,28,30)/t23-,25+/m1/s1. The Morgan fingerprint density at radius 2 is 1.91 bits per heavy atom. The molecule has 2 aromatic rings. The summed E-state index contributed by atoms with van der Waals surface area (Å²) in [7, 11) is -3.52. The van der Waals surface area contributed by atoms with E-state index in [2.05, 4.69) is 30.4 Å². The number of carbonyl (C=O) groups is 1. The maximum Gasteiger partial charge on any atom is 0.224 e. The van der Waals surface area contributed by atoms with E-state index in [9.17, 15) is 13.2 Å². The van der Waals surface area contributed by atoms with E-state index in [1.165, 1.54) is 28.3 Å². The van der Waals surface area contributed by atoms with Crippen molar-refractivity contribution in [3.8, 4) is 0 Å². The summed E-state index contributed by atoms with van der Waals surface area (Å²) < 4.78 is 27.5. The molecule has 178 valence electrons. The predicted molar refractivity (Wildman–Crippen MR) is 133 cm³/mol. The van der Waals surface area contributed by atoms with Gasteiger partial charge in [-0.2, -0.15) is 0 Å². The Bertz CT molecular complexity index is 1100. The third-order valence-electron chi connectivity index (χ3n) is 6.89. The summed E-state index contributed by atoms with van der Waals surface area (Å²) >= 11 is 6.01. The van der Waals surface area contributed by atoms with Gasteiger partial charge in [0.25, 0.3) is 0 Å². The number of carbonyl (C=O) groups excluding carboxylic acids is 1. The average molecular weight is 489 g/mol. The third kappa shape index (κ3) is 5.97. The highest BCUT2D eigenvalue weighted by molar-refractivity contribution is 7.88. The summed E-state index contributed by atoms with van der Waals surface area (Å²) in [6.07, 6.45) is 6.90. The minimum Gasteiger partial charge on any atom is -0.349 e. The van der Waals surface area contributed by atoms with Gasteiger partial charge in [-0.1, -0.05) is 48.9 Å². The van der Waals surface area contributed by atoms with Crippen molar-refractivity contribution in [2.75, 3.05) is 13.1 Å². The molecule has 1 heterocycles. The van der Waals surface area contributed by atoms with Crippen molar-refractivity contribution in [2.24, 2.45) is 5.92 Å². The van der Waals surface area contributed by atoms with Crippen LogP contribution >= 0.6 is 11.6 Å². The van der Waals surface area contributed by atoms with Gasteiger partial charge in [0.05, 0.1) is 17.7 Å². The molecule has 5 nitrogen and oxygen atoms in total. The molecule has 1 N–H and O–H groups in total. The molecule has 4 rings (SSSR count). The van der Waals surface area contributed by atoms with Gasteiger partial charge in [0.1, 0.15) is 0 Å². The molecule has 1 amide bonds. The van der Waals surface area contributed by atoms with Crippen LogP contribution in [0.25, 0.3) is 0 Å². The number of rotatable bonds is 7. The van der Waals surface area contributed by atoms with Gasteiger partial charge in [-0.25, -0.2) is 12.7 Å². The Kier molecular flexibility index (Phi) is 7.77. The average Bonchev–Trinajstić information content (AvgIpc) is 2.82. The van der Waals surface area contributed by atoms with Crippen molar-refractivity contribution >= 4 is 27.5 Å². The largest absolute Gasteiger partial charge is 0.349 e. The van der Waals surface area contributed by atoms with Crippen molar-refractivity contribution in [1.29, 1.82) is 0 Å². The fourth-order valence-corrected chi connectivity index (χ4v) is 6.83. The molecule has 7 heteroatoms. The fourth-order valence-electron chi connectivity index (χ4n) is 5.02. The minimum absolute atomic E-state index is 0.0526. The van der Waals surface area contributed by atoms with Crippen LogP contribution in [0.5, 0.6) is 0 Å². The molecular weight excluding hydrogens is 456 g/mol. The predicted octanol–water partition coefficient (Wildman–Crippen LogP) is 5.03. The van der Waals surface area contributed by atoms with Crippen molar-refractivity contribution in [2.45, 2.75) is 63.7 Å². The maximum absolute atomic E-state index is 13.2. The van der Waals surface area contributed by atoms with Crippen LogP contribution < -0.4 is 5.32 Å². The van der Waals surface area contributed by atoms with E-state index in [0.717, 1.165) is 24.8 Å². The maximum atomic E-state index is 13.2. The van der Waals surface area contributed by atoms with Gasteiger partial charge in [-0.15, -0.1) is 0 Å². The smallest absolute Gasteiger partial charge is 0.224 e. The summed E-state index contributed by atoms with van der Waals surface area (Å²) in [5, 5.41) is 3.73. The molecule has 2 aromatic carbocycles. The monoisotopic (exact) mass is 488 g/mol. The van der Waals surface area contributed by atoms with Gasteiger partial charge in [0.2, 0.25) is 15.9 Å². The molecule has 1 fully saturated rings. The highest BCUT2D eigenvalue weighted by Gasteiger charge is 2.33.